The molecule has 2 unspecified atom stereocenters. The zero-order valence-electron chi connectivity index (χ0n) is 10.6. The third-order valence-corrected chi connectivity index (χ3v) is 4.43. The van der Waals surface area contributed by atoms with Gasteiger partial charge in [0.15, 0.2) is 0 Å². The summed E-state index contributed by atoms with van der Waals surface area (Å²) in [6.07, 6.45) is 1.21. The van der Waals surface area contributed by atoms with Crippen molar-refractivity contribution in [2.45, 2.75) is 19.4 Å². The second kappa shape index (κ2) is 5.61. The Hall–Kier alpha value is -0.560. The molecule has 2 N–H and O–H groups in total. The summed E-state index contributed by atoms with van der Waals surface area (Å²) in [5.41, 5.74) is 7.40. The highest BCUT2D eigenvalue weighted by Crippen LogP contribution is 2.31. The second-order valence-electron chi connectivity index (χ2n) is 4.81. The van der Waals surface area contributed by atoms with Gasteiger partial charge in [-0.15, -0.1) is 0 Å². The Balaban J connectivity index is 2.24. The predicted octanol–water partition coefficient (Wildman–Crippen LogP) is 2.87. The van der Waals surface area contributed by atoms with Crippen LogP contribution in [0.3, 0.4) is 0 Å². The van der Waals surface area contributed by atoms with E-state index < -0.39 is 0 Å². The van der Waals surface area contributed by atoms with Crippen molar-refractivity contribution in [2.24, 2.45) is 5.92 Å². The highest BCUT2D eigenvalue weighted by atomic mass is 127. The molecule has 100 valence electrons. The van der Waals surface area contributed by atoms with E-state index in [2.05, 4.69) is 11.8 Å². The molecule has 2 rings (SSSR count). The van der Waals surface area contributed by atoms with Gasteiger partial charge in [-0.05, 0) is 41.0 Å². The van der Waals surface area contributed by atoms with E-state index in [1.54, 1.807) is 13.2 Å². The molecule has 0 radical (unpaired) electrons. The zero-order valence-corrected chi connectivity index (χ0v) is 12.8. The van der Waals surface area contributed by atoms with Gasteiger partial charge in [-0.25, -0.2) is 4.39 Å². The molecule has 1 aliphatic heterocycles. The van der Waals surface area contributed by atoms with Crippen molar-refractivity contribution in [3.05, 3.63) is 21.5 Å². The van der Waals surface area contributed by atoms with Crippen LogP contribution in [0.5, 0.6) is 0 Å². The Morgan fingerprint density at radius 3 is 2.89 bits per heavy atom. The number of nitrogens with zero attached hydrogens (tertiary/aromatic N) is 1. The molecule has 2 atom stereocenters. The van der Waals surface area contributed by atoms with Gasteiger partial charge in [-0.3, -0.25) is 0 Å². The second-order valence-corrected chi connectivity index (χ2v) is 5.97. The van der Waals surface area contributed by atoms with Crippen molar-refractivity contribution in [3.8, 4) is 0 Å². The number of rotatable bonds is 2. The van der Waals surface area contributed by atoms with Crippen LogP contribution in [0.1, 0.15) is 13.3 Å². The molecule has 1 aliphatic rings. The van der Waals surface area contributed by atoms with Crippen LogP contribution >= 0.6 is 22.6 Å². The van der Waals surface area contributed by atoms with Gasteiger partial charge in [0.1, 0.15) is 5.82 Å². The van der Waals surface area contributed by atoms with Crippen molar-refractivity contribution in [1.29, 1.82) is 0 Å². The minimum Gasteiger partial charge on any atom is -0.397 e. The van der Waals surface area contributed by atoms with Crippen LogP contribution < -0.4 is 10.6 Å². The van der Waals surface area contributed by atoms with E-state index >= 15 is 0 Å². The largest absolute Gasteiger partial charge is 0.397 e. The van der Waals surface area contributed by atoms with Crippen LogP contribution in [0.4, 0.5) is 15.8 Å². The smallest absolute Gasteiger partial charge is 0.138 e. The maximum absolute atomic E-state index is 13.6. The van der Waals surface area contributed by atoms with Gasteiger partial charge in [0.05, 0.1) is 21.0 Å². The number of methoxy groups -OCH3 is 1. The number of nitrogens with two attached hydrogens (primary N) is 1. The van der Waals surface area contributed by atoms with E-state index in [1.807, 2.05) is 22.6 Å². The lowest BCUT2D eigenvalue weighted by atomic mass is 9.95. The normalized spacial score (nSPS) is 24.3. The molecule has 1 aromatic rings. The molecule has 1 aromatic carbocycles. The van der Waals surface area contributed by atoms with Crippen LogP contribution in [-0.4, -0.2) is 26.3 Å². The minimum absolute atomic E-state index is 0.181. The summed E-state index contributed by atoms with van der Waals surface area (Å²) >= 11 is 1.95. The summed E-state index contributed by atoms with van der Waals surface area (Å²) in [7, 11) is 1.72. The maximum Gasteiger partial charge on any atom is 0.138 e. The maximum atomic E-state index is 13.6. The molecule has 0 saturated carbocycles. The van der Waals surface area contributed by atoms with Crippen molar-refractivity contribution < 1.29 is 9.13 Å². The number of piperidine rings is 1. The van der Waals surface area contributed by atoms with Crippen molar-refractivity contribution >= 4 is 34.0 Å². The molecule has 1 saturated heterocycles. The summed E-state index contributed by atoms with van der Waals surface area (Å²) in [4.78, 5) is 2.11. The first-order chi connectivity index (χ1) is 8.52. The van der Waals surface area contributed by atoms with Gasteiger partial charge >= 0.3 is 0 Å². The first-order valence-electron chi connectivity index (χ1n) is 6.05. The summed E-state index contributed by atoms with van der Waals surface area (Å²) in [6.45, 7) is 3.84. The van der Waals surface area contributed by atoms with Gasteiger partial charge < -0.3 is 15.4 Å². The molecule has 0 bridgehead atoms. The van der Waals surface area contributed by atoms with E-state index in [1.165, 1.54) is 6.07 Å². The zero-order chi connectivity index (χ0) is 13.3. The third-order valence-electron chi connectivity index (χ3n) is 3.60. The summed E-state index contributed by atoms with van der Waals surface area (Å²) in [6, 6.07) is 3.21. The summed E-state index contributed by atoms with van der Waals surface area (Å²) in [5.74, 6) is 0.313. The lowest BCUT2D eigenvalue weighted by molar-refractivity contribution is 0.0498. The topological polar surface area (TPSA) is 38.5 Å². The summed E-state index contributed by atoms with van der Waals surface area (Å²) in [5, 5.41) is 0. The third kappa shape index (κ3) is 2.71. The standard InChI is InChI=1S/C13H18FIN2O/c1-8-3-4-17(7-13(8)18-2)12-5-9(14)10(15)6-11(12)16/h5-6,8,13H,3-4,7,16H2,1-2H3. The minimum atomic E-state index is -0.215. The highest BCUT2D eigenvalue weighted by Gasteiger charge is 2.27. The van der Waals surface area contributed by atoms with E-state index in [4.69, 9.17) is 10.5 Å². The lowest BCUT2D eigenvalue weighted by Crippen LogP contribution is -2.44. The van der Waals surface area contributed by atoms with E-state index in [9.17, 15) is 4.39 Å². The summed E-state index contributed by atoms with van der Waals surface area (Å²) < 4.78 is 19.7. The Morgan fingerprint density at radius 2 is 2.22 bits per heavy atom. The number of anilines is 2. The Kier molecular flexibility index (Phi) is 4.32. The number of halogens is 2. The number of benzene rings is 1. The number of hydrogen-bond acceptors (Lipinski definition) is 3. The Bertz CT molecular complexity index is 441. The van der Waals surface area contributed by atoms with Gasteiger partial charge in [0, 0.05) is 26.3 Å². The average Bonchev–Trinajstić information content (AvgIpc) is 2.35. The van der Waals surface area contributed by atoms with Gasteiger partial charge in [0.25, 0.3) is 0 Å². The molecule has 1 heterocycles. The fourth-order valence-corrected chi connectivity index (χ4v) is 2.88. The average molecular weight is 364 g/mol. The van der Waals surface area contributed by atoms with Crippen LogP contribution in [-0.2, 0) is 4.74 Å². The molecule has 1 fully saturated rings. The Morgan fingerprint density at radius 1 is 1.50 bits per heavy atom. The van der Waals surface area contributed by atoms with Crippen LogP contribution in [0.2, 0.25) is 0 Å². The molecule has 3 nitrogen and oxygen atoms in total. The molecule has 0 aliphatic carbocycles. The first kappa shape index (κ1) is 13.9. The van der Waals surface area contributed by atoms with Crippen LogP contribution in [0.15, 0.2) is 12.1 Å². The van der Waals surface area contributed by atoms with Gasteiger partial charge in [-0.2, -0.15) is 0 Å². The number of hydrogen-bond donors (Lipinski definition) is 1. The first-order valence-corrected chi connectivity index (χ1v) is 7.13. The number of nitrogen functional groups attached to an aromatic ring is 1. The van der Waals surface area contributed by atoms with Crippen molar-refractivity contribution in [2.75, 3.05) is 30.8 Å². The molecule has 5 heteroatoms. The van der Waals surface area contributed by atoms with E-state index in [-0.39, 0.29) is 11.9 Å². The highest BCUT2D eigenvalue weighted by molar-refractivity contribution is 14.1. The molecule has 18 heavy (non-hydrogen) atoms. The lowest BCUT2D eigenvalue weighted by Gasteiger charge is -2.38. The molecular weight excluding hydrogens is 346 g/mol. The SMILES string of the molecule is COC1CN(c2cc(F)c(I)cc2N)CCC1C. The molecule has 0 aromatic heterocycles. The number of ether oxygens (including phenoxy) is 1. The molecule has 0 spiro atoms. The monoisotopic (exact) mass is 364 g/mol. The van der Waals surface area contributed by atoms with Gasteiger partial charge in [-0.1, -0.05) is 6.92 Å². The van der Waals surface area contributed by atoms with Crippen molar-refractivity contribution in [1.82, 2.24) is 0 Å². The fourth-order valence-electron chi connectivity index (χ4n) is 2.39. The van der Waals surface area contributed by atoms with E-state index in [0.29, 0.717) is 15.2 Å². The molecular formula is C13H18FIN2O. The van der Waals surface area contributed by atoms with Crippen LogP contribution in [0.25, 0.3) is 0 Å². The van der Waals surface area contributed by atoms with Gasteiger partial charge in [0.2, 0.25) is 0 Å². The molecule has 0 amide bonds. The van der Waals surface area contributed by atoms with E-state index in [0.717, 1.165) is 25.2 Å². The van der Waals surface area contributed by atoms with Crippen LogP contribution in [0, 0.1) is 15.3 Å². The van der Waals surface area contributed by atoms with Crippen molar-refractivity contribution in [3.63, 3.8) is 0 Å². The fraction of sp³-hybridized carbons (Fsp3) is 0.538. The predicted molar refractivity (Wildman–Crippen MR) is 80.3 cm³/mol. The quantitative estimate of drug-likeness (QED) is 0.648. The Labute approximate surface area is 121 Å².